The minimum absolute atomic E-state index is 0.221. The van der Waals surface area contributed by atoms with Crippen molar-refractivity contribution in [3.05, 3.63) is 69.3 Å². The summed E-state index contributed by atoms with van der Waals surface area (Å²) in [7, 11) is 1.97. The van der Waals surface area contributed by atoms with Crippen LogP contribution in [0.15, 0.2) is 52.3 Å². The fraction of sp³-hybridized carbons (Fsp3) is 0.176. The van der Waals surface area contributed by atoms with Gasteiger partial charge in [-0.1, -0.05) is 24.3 Å². The Morgan fingerprint density at radius 3 is 2.81 bits per heavy atom. The van der Waals surface area contributed by atoms with Crippen molar-refractivity contribution in [1.29, 1.82) is 0 Å². The highest BCUT2D eigenvalue weighted by molar-refractivity contribution is 9.10. The summed E-state index contributed by atoms with van der Waals surface area (Å²) in [5, 5.41) is 6.88. The summed E-state index contributed by atoms with van der Waals surface area (Å²) in [5.41, 5.74) is 2.41. The van der Waals surface area contributed by atoms with E-state index in [1.807, 2.05) is 19.2 Å². The minimum Gasteiger partial charge on any atom is -0.313 e. The second-order valence-corrected chi connectivity index (χ2v) is 6.75. The van der Waals surface area contributed by atoms with Gasteiger partial charge in [-0.3, -0.25) is 0 Å². The van der Waals surface area contributed by atoms with Crippen LogP contribution in [0.3, 0.4) is 0 Å². The van der Waals surface area contributed by atoms with Crippen molar-refractivity contribution >= 4 is 37.4 Å². The van der Waals surface area contributed by atoms with E-state index >= 15 is 0 Å². The predicted molar refractivity (Wildman–Crippen MR) is 91.4 cm³/mol. The standard InChI is InChI=1S/C17H15BrFNS/c1-20-16(9-11-6-7-15(19)14(18)8-11)13-10-21-17-5-3-2-4-12(13)17/h2-8,10,16,20H,9H2,1H3. The molecule has 0 spiro atoms. The fourth-order valence-electron chi connectivity index (χ4n) is 2.54. The summed E-state index contributed by atoms with van der Waals surface area (Å²) in [6.45, 7) is 0. The Bertz CT molecular complexity index is 768. The van der Waals surface area contributed by atoms with E-state index in [-0.39, 0.29) is 11.9 Å². The molecule has 0 saturated heterocycles. The minimum atomic E-state index is -0.222. The first-order chi connectivity index (χ1) is 10.2. The van der Waals surface area contributed by atoms with Crippen LogP contribution in [0.5, 0.6) is 0 Å². The van der Waals surface area contributed by atoms with Gasteiger partial charge in [0.15, 0.2) is 0 Å². The van der Waals surface area contributed by atoms with Crippen molar-refractivity contribution in [1.82, 2.24) is 5.32 Å². The molecular formula is C17H15BrFNS. The highest BCUT2D eigenvalue weighted by Gasteiger charge is 2.15. The van der Waals surface area contributed by atoms with E-state index in [0.29, 0.717) is 4.47 Å². The van der Waals surface area contributed by atoms with Gasteiger partial charge in [0.25, 0.3) is 0 Å². The zero-order valence-corrected chi connectivity index (χ0v) is 14.0. The summed E-state index contributed by atoms with van der Waals surface area (Å²) < 4.78 is 15.2. The van der Waals surface area contributed by atoms with E-state index in [4.69, 9.17) is 0 Å². The molecule has 4 heteroatoms. The van der Waals surface area contributed by atoms with Crippen LogP contribution in [0.2, 0.25) is 0 Å². The summed E-state index contributed by atoms with van der Waals surface area (Å²) >= 11 is 5.02. The van der Waals surface area contributed by atoms with Crippen LogP contribution < -0.4 is 5.32 Å². The first-order valence-corrected chi connectivity index (χ1v) is 8.43. The molecule has 0 fully saturated rings. The molecular weight excluding hydrogens is 349 g/mol. The third kappa shape index (κ3) is 3.03. The number of rotatable bonds is 4. The molecule has 1 aromatic heterocycles. The number of benzene rings is 2. The summed E-state index contributed by atoms with van der Waals surface area (Å²) in [6, 6.07) is 13.9. The Morgan fingerprint density at radius 1 is 1.24 bits per heavy atom. The van der Waals surface area contributed by atoms with Crippen molar-refractivity contribution in [2.75, 3.05) is 7.05 Å². The fourth-order valence-corrected chi connectivity index (χ4v) is 3.98. The summed E-state index contributed by atoms with van der Waals surface area (Å²) in [6.07, 6.45) is 0.829. The predicted octanol–water partition coefficient (Wildman–Crippen LogP) is 5.31. The van der Waals surface area contributed by atoms with E-state index in [0.717, 1.165) is 12.0 Å². The van der Waals surface area contributed by atoms with Gasteiger partial charge in [-0.2, -0.15) is 0 Å². The van der Waals surface area contributed by atoms with Crippen LogP contribution >= 0.6 is 27.3 Å². The lowest BCUT2D eigenvalue weighted by atomic mass is 9.98. The lowest BCUT2D eigenvalue weighted by Crippen LogP contribution is -2.18. The van der Waals surface area contributed by atoms with Gasteiger partial charge in [0.05, 0.1) is 4.47 Å². The molecule has 21 heavy (non-hydrogen) atoms. The molecule has 1 atom stereocenters. The van der Waals surface area contributed by atoms with E-state index < -0.39 is 0 Å². The van der Waals surface area contributed by atoms with Crippen LogP contribution in [-0.2, 0) is 6.42 Å². The highest BCUT2D eigenvalue weighted by Crippen LogP contribution is 2.32. The van der Waals surface area contributed by atoms with Crippen molar-refractivity contribution in [2.24, 2.45) is 0 Å². The van der Waals surface area contributed by atoms with Crippen molar-refractivity contribution in [3.63, 3.8) is 0 Å². The molecule has 0 saturated carbocycles. The van der Waals surface area contributed by atoms with E-state index in [2.05, 4.69) is 50.9 Å². The van der Waals surface area contributed by atoms with Gasteiger partial charge in [0, 0.05) is 10.7 Å². The lowest BCUT2D eigenvalue weighted by molar-refractivity contribution is 0.592. The lowest BCUT2D eigenvalue weighted by Gasteiger charge is -2.16. The molecule has 0 aliphatic heterocycles. The Hall–Kier alpha value is -1.23. The molecule has 0 radical (unpaired) electrons. The zero-order chi connectivity index (χ0) is 14.8. The quantitative estimate of drug-likeness (QED) is 0.662. The summed E-state index contributed by atoms with van der Waals surface area (Å²) in [5.74, 6) is -0.222. The van der Waals surface area contributed by atoms with Gasteiger partial charge >= 0.3 is 0 Å². The molecule has 2 aromatic carbocycles. The Morgan fingerprint density at radius 2 is 2.05 bits per heavy atom. The molecule has 3 aromatic rings. The highest BCUT2D eigenvalue weighted by atomic mass is 79.9. The average molecular weight is 364 g/mol. The molecule has 0 aliphatic rings. The number of halogens is 2. The van der Waals surface area contributed by atoms with Crippen LogP contribution in [0.25, 0.3) is 10.1 Å². The normalized spacial score (nSPS) is 12.7. The Labute approximate surface area is 135 Å². The van der Waals surface area contributed by atoms with Crippen LogP contribution in [0.4, 0.5) is 4.39 Å². The molecule has 1 nitrogen and oxygen atoms in total. The maximum atomic E-state index is 13.3. The van der Waals surface area contributed by atoms with Crippen LogP contribution in [-0.4, -0.2) is 7.05 Å². The van der Waals surface area contributed by atoms with Gasteiger partial charge in [0.2, 0.25) is 0 Å². The molecule has 1 N–H and O–H groups in total. The number of thiophene rings is 1. The molecule has 0 aliphatic carbocycles. The largest absolute Gasteiger partial charge is 0.313 e. The van der Waals surface area contributed by atoms with E-state index in [1.165, 1.54) is 21.7 Å². The number of hydrogen-bond acceptors (Lipinski definition) is 2. The van der Waals surface area contributed by atoms with Gasteiger partial charge in [-0.15, -0.1) is 11.3 Å². The number of nitrogens with one attached hydrogen (secondary N) is 1. The molecule has 0 amide bonds. The monoisotopic (exact) mass is 363 g/mol. The van der Waals surface area contributed by atoms with Crippen molar-refractivity contribution < 1.29 is 4.39 Å². The topological polar surface area (TPSA) is 12.0 Å². The van der Waals surface area contributed by atoms with Gasteiger partial charge in [-0.25, -0.2) is 4.39 Å². The molecule has 3 rings (SSSR count). The summed E-state index contributed by atoms with van der Waals surface area (Å²) in [4.78, 5) is 0. The van der Waals surface area contributed by atoms with Crippen LogP contribution in [0, 0.1) is 5.82 Å². The number of likely N-dealkylation sites (N-methyl/N-ethyl adjacent to an activating group) is 1. The maximum Gasteiger partial charge on any atom is 0.137 e. The molecule has 1 unspecified atom stereocenters. The smallest absolute Gasteiger partial charge is 0.137 e. The van der Waals surface area contributed by atoms with Gasteiger partial charge in [0.1, 0.15) is 5.82 Å². The van der Waals surface area contributed by atoms with Crippen molar-refractivity contribution in [3.8, 4) is 0 Å². The number of hydrogen-bond donors (Lipinski definition) is 1. The first-order valence-electron chi connectivity index (χ1n) is 6.76. The Kier molecular flexibility index (Phi) is 4.38. The van der Waals surface area contributed by atoms with E-state index in [9.17, 15) is 4.39 Å². The van der Waals surface area contributed by atoms with Crippen LogP contribution in [0.1, 0.15) is 17.2 Å². The SMILES string of the molecule is CNC(Cc1ccc(F)c(Br)c1)c1csc2ccccc12. The maximum absolute atomic E-state index is 13.3. The van der Waals surface area contributed by atoms with Gasteiger partial charge in [-0.05, 0) is 69.5 Å². The second-order valence-electron chi connectivity index (χ2n) is 4.98. The molecule has 1 heterocycles. The zero-order valence-electron chi connectivity index (χ0n) is 11.6. The Balaban J connectivity index is 1.93. The first kappa shape index (κ1) is 14.7. The van der Waals surface area contributed by atoms with Crippen molar-refractivity contribution in [2.45, 2.75) is 12.5 Å². The third-order valence-corrected chi connectivity index (χ3v) is 5.25. The van der Waals surface area contributed by atoms with Gasteiger partial charge < -0.3 is 5.32 Å². The molecule has 108 valence electrons. The number of fused-ring (bicyclic) bond motifs is 1. The average Bonchev–Trinajstić information content (AvgIpc) is 2.92. The second kappa shape index (κ2) is 6.26. The van der Waals surface area contributed by atoms with E-state index in [1.54, 1.807) is 11.3 Å². The third-order valence-electron chi connectivity index (χ3n) is 3.66. The molecule has 0 bridgehead atoms.